The molecule has 25 heavy (non-hydrogen) atoms. The van der Waals surface area contributed by atoms with Crippen molar-refractivity contribution in [2.75, 3.05) is 13.7 Å². The van der Waals surface area contributed by atoms with Crippen LogP contribution in [0, 0.1) is 11.7 Å². The van der Waals surface area contributed by atoms with Gasteiger partial charge in [-0.25, -0.2) is 4.39 Å². The Morgan fingerprint density at radius 2 is 1.96 bits per heavy atom. The molecule has 132 valence electrons. The summed E-state index contributed by atoms with van der Waals surface area (Å²) in [5.74, 6) is -1.94. The molecular formula is C19H20FNO4. The Hall–Kier alpha value is -2.89. The van der Waals surface area contributed by atoms with Crippen molar-refractivity contribution in [1.82, 2.24) is 5.32 Å². The predicted molar refractivity (Wildman–Crippen MR) is 90.9 cm³/mol. The molecule has 0 aliphatic rings. The van der Waals surface area contributed by atoms with Gasteiger partial charge in [0.15, 0.2) is 0 Å². The molecule has 0 fully saturated rings. The molecule has 2 N–H and O–H groups in total. The first-order valence-corrected chi connectivity index (χ1v) is 7.85. The molecule has 1 atom stereocenters. The number of carboxylic acids is 1. The van der Waals surface area contributed by atoms with Gasteiger partial charge in [-0.05, 0) is 35.7 Å². The summed E-state index contributed by atoms with van der Waals surface area (Å²) in [6.07, 6.45) is 0.234. The first kappa shape index (κ1) is 18.4. The third kappa shape index (κ3) is 5.60. The molecule has 6 heteroatoms. The standard InChI is InChI=1S/C19H20FNO4/c1-25-17-8-3-2-6-14(17)11-15(19(23)24)12-21-18(22)10-13-5-4-7-16(20)9-13/h2-9,15H,10-12H2,1H3,(H,21,22)(H,23,24). The van der Waals surface area contributed by atoms with E-state index in [4.69, 9.17) is 4.74 Å². The van der Waals surface area contributed by atoms with E-state index in [2.05, 4.69) is 5.32 Å². The van der Waals surface area contributed by atoms with E-state index in [0.29, 0.717) is 11.3 Å². The molecule has 0 radical (unpaired) electrons. The van der Waals surface area contributed by atoms with Crippen molar-refractivity contribution in [3.63, 3.8) is 0 Å². The van der Waals surface area contributed by atoms with Crippen LogP contribution in [-0.2, 0) is 22.4 Å². The average molecular weight is 345 g/mol. The fourth-order valence-electron chi connectivity index (χ4n) is 2.52. The fourth-order valence-corrected chi connectivity index (χ4v) is 2.52. The number of ether oxygens (including phenoxy) is 1. The van der Waals surface area contributed by atoms with Crippen LogP contribution < -0.4 is 10.1 Å². The number of hydrogen-bond donors (Lipinski definition) is 2. The Balaban J connectivity index is 1.95. The van der Waals surface area contributed by atoms with Crippen molar-refractivity contribution >= 4 is 11.9 Å². The van der Waals surface area contributed by atoms with Gasteiger partial charge >= 0.3 is 5.97 Å². The molecule has 0 heterocycles. The highest BCUT2D eigenvalue weighted by molar-refractivity contribution is 5.79. The highest BCUT2D eigenvalue weighted by Gasteiger charge is 2.20. The van der Waals surface area contributed by atoms with E-state index in [9.17, 15) is 19.1 Å². The third-order valence-electron chi connectivity index (χ3n) is 3.81. The lowest BCUT2D eigenvalue weighted by atomic mass is 9.98. The molecule has 2 rings (SSSR count). The van der Waals surface area contributed by atoms with Crippen LogP contribution >= 0.6 is 0 Å². The lowest BCUT2D eigenvalue weighted by molar-refractivity contribution is -0.141. The Kier molecular flexibility index (Phi) is 6.51. The number of methoxy groups -OCH3 is 1. The number of benzene rings is 2. The minimum atomic E-state index is -1.00. The smallest absolute Gasteiger partial charge is 0.308 e. The number of halogens is 1. The van der Waals surface area contributed by atoms with Gasteiger partial charge in [0.05, 0.1) is 19.4 Å². The van der Waals surface area contributed by atoms with E-state index in [-0.39, 0.29) is 25.3 Å². The molecular weight excluding hydrogens is 325 g/mol. The van der Waals surface area contributed by atoms with Gasteiger partial charge in [-0.1, -0.05) is 30.3 Å². The summed E-state index contributed by atoms with van der Waals surface area (Å²) < 4.78 is 18.4. The van der Waals surface area contributed by atoms with Crippen LogP contribution in [0.2, 0.25) is 0 Å². The Labute approximate surface area is 145 Å². The second-order valence-electron chi connectivity index (χ2n) is 5.66. The Morgan fingerprint density at radius 1 is 1.20 bits per heavy atom. The summed E-state index contributed by atoms with van der Waals surface area (Å²) in [5.41, 5.74) is 1.30. The van der Waals surface area contributed by atoms with Crippen molar-refractivity contribution in [3.05, 3.63) is 65.5 Å². The number of nitrogens with one attached hydrogen (secondary N) is 1. The fraction of sp³-hybridized carbons (Fsp3) is 0.263. The zero-order chi connectivity index (χ0) is 18.2. The molecule has 0 aliphatic carbocycles. The monoisotopic (exact) mass is 345 g/mol. The van der Waals surface area contributed by atoms with Gasteiger partial charge in [0, 0.05) is 6.54 Å². The van der Waals surface area contributed by atoms with Crippen LogP contribution in [0.4, 0.5) is 4.39 Å². The Bertz CT molecular complexity index is 748. The summed E-state index contributed by atoms with van der Waals surface area (Å²) in [6.45, 7) is -0.0124. The number of carbonyl (C=O) groups excluding carboxylic acids is 1. The maximum atomic E-state index is 13.1. The molecule has 2 aromatic rings. The van der Waals surface area contributed by atoms with E-state index in [1.165, 1.54) is 25.3 Å². The number of para-hydroxylation sites is 1. The van der Waals surface area contributed by atoms with Crippen LogP contribution in [0.5, 0.6) is 5.75 Å². The summed E-state index contributed by atoms with van der Waals surface area (Å²) in [7, 11) is 1.52. The zero-order valence-corrected chi connectivity index (χ0v) is 13.9. The first-order chi connectivity index (χ1) is 12.0. The van der Waals surface area contributed by atoms with Crippen molar-refractivity contribution < 1.29 is 23.8 Å². The maximum absolute atomic E-state index is 13.1. The number of carboxylic acid groups (broad SMARTS) is 1. The molecule has 0 bridgehead atoms. The molecule has 0 saturated carbocycles. The van der Waals surface area contributed by atoms with Crippen LogP contribution in [0.1, 0.15) is 11.1 Å². The topological polar surface area (TPSA) is 75.6 Å². The van der Waals surface area contributed by atoms with E-state index in [0.717, 1.165) is 5.56 Å². The number of amides is 1. The van der Waals surface area contributed by atoms with E-state index < -0.39 is 17.7 Å². The second kappa shape index (κ2) is 8.82. The summed E-state index contributed by atoms with van der Waals surface area (Å²) in [5, 5.41) is 12.0. The quantitative estimate of drug-likeness (QED) is 0.770. The van der Waals surface area contributed by atoms with Crippen LogP contribution in [0.15, 0.2) is 48.5 Å². The van der Waals surface area contributed by atoms with Gasteiger partial charge < -0.3 is 15.2 Å². The maximum Gasteiger partial charge on any atom is 0.308 e. The summed E-state index contributed by atoms with van der Waals surface area (Å²) in [6, 6.07) is 12.9. The highest BCUT2D eigenvalue weighted by atomic mass is 19.1. The van der Waals surface area contributed by atoms with Crippen LogP contribution in [-0.4, -0.2) is 30.6 Å². The van der Waals surface area contributed by atoms with Crippen molar-refractivity contribution in [3.8, 4) is 5.75 Å². The minimum Gasteiger partial charge on any atom is -0.496 e. The highest BCUT2D eigenvalue weighted by Crippen LogP contribution is 2.21. The molecule has 5 nitrogen and oxygen atoms in total. The Morgan fingerprint density at radius 3 is 2.64 bits per heavy atom. The lowest BCUT2D eigenvalue weighted by Gasteiger charge is -2.15. The molecule has 2 aromatic carbocycles. The van der Waals surface area contributed by atoms with Gasteiger partial charge in [0.2, 0.25) is 5.91 Å². The summed E-state index contributed by atoms with van der Waals surface area (Å²) in [4.78, 5) is 23.5. The van der Waals surface area contributed by atoms with Gasteiger partial charge in [0.25, 0.3) is 0 Å². The third-order valence-corrected chi connectivity index (χ3v) is 3.81. The van der Waals surface area contributed by atoms with Crippen LogP contribution in [0.25, 0.3) is 0 Å². The van der Waals surface area contributed by atoms with E-state index in [1.807, 2.05) is 0 Å². The zero-order valence-electron chi connectivity index (χ0n) is 13.9. The number of carbonyl (C=O) groups is 2. The molecule has 1 amide bonds. The number of hydrogen-bond acceptors (Lipinski definition) is 3. The minimum absolute atomic E-state index is 0.00123. The molecule has 0 aliphatic heterocycles. The van der Waals surface area contributed by atoms with Crippen molar-refractivity contribution in [2.45, 2.75) is 12.8 Å². The van der Waals surface area contributed by atoms with Crippen molar-refractivity contribution in [2.24, 2.45) is 5.92 Å². The van der Waals surface area contributed by atoms with Gasteiger partial charge in [-0.2, -0.15) is 0 Å². The molecule has 1 unspecified atom stereocenters. The molecule has 0 spiro atoms. The molecule has 0 aromatic heterocycles. The predicted octanol–water partition coefficient (Wildman–Crippen LogP) is 2.44. The summed E-state index contributed by atoms with van der Waals surface area (Å²) >= 11 is 0. The molecule has 0 saturated heterocycles. The number of aliphatic carboxylic acids is 1. The van der Waals surface area contributed by atoms with Crippen molar-refractivity contribution in [1.29, 1.82) is 0 Å². The van der Waals surface area contributed by atoms with Crippen LogP contribution in [0.3, 0.4) is 0 Å². The first-order valence-electron chi connectivity index (χ1n) is 7.85. The average Bonchev–Trinajstić information content (AvgIpc) is 2.58. The van der Waals surface area contributed by atoms with Gasteiger partial charge in [-0.3, -0.25) is 9.59 Å². The van der Waals surface area contributed by atoms with Gasteiger partial charge in [0.1, 0.15) is 11.6 Å². The largest absolute Gasteiger partial charge is 0.496 e. The second-order valence-corrected chi connectivity index (χ2v) is 5.66. The number of rotatable bonds is 8. The van der Waals surface area contributed by atoms with Gasteiger partial charge in [-0.15, -0.1) is 0 Å². The van der Waals surface area contributed by atoms with E-state index in [1.54, 1.807) is 30.3 Å². The van der Waals surface area contributed by atoms with E-state index >= 15 is 0 Å². The SMILES string of the molecule is COc1ccccc1CC(CNC(=O)Cc1cccc(F)c1)C(=O)O. The normalized spacial score (nSPS) is 11.6. The lowest BCUT2D eigenvalue weighted by Crippen LogP contribution is -2.35.